The highest BCUT2D eigenvalue weighted by Gasteiger charge is 2.07. The minimum absolute atomic E-state index is 0.0833. The van der Waals surface area contributed by atoms with Crippen LogP contribution >= 0.6 is 0 Å². The van der Waals surface area contributed by atoms with E-state index in [1.165, 1.54) is 0 Å². The second-order valence-electron chi connectivity index (χ2n) is 4.53. The van der Waals surface area contributed by atoms with Crippen LogP contribution in [0.1, 0.15) is 20.8 Å². The molecular weight excluding hydrogens is 220 g/mol. The number of aliphatic hydroxyl groups is 1. The van der Waals surface area contributed by atoms with Gasteiger partial charge in [0, 0.05) is 12.7 Å². The number of hydrogen-bond donors (Lipinski definition) is 3. The van der Waals surface area contributed by atoms with Crippen molar-refractivity contribution in [2.75, 3.05) is 11.9 Å². The minimum Gasteiger partial charge on any atom is -0.394 e. The number of carbonyl (C=O) groups excluding carboxylic acids is 1. The molecule has 6 nitrogen and oxygen atoms in total. The van der Waals surface area contributed by atoms with E-state index in [2.05, 4.69) is 29.6 Å². The smallest absolute Gasteiger partial charge is 0.319 e. The Hall–Kier alpha value is -1.56. The van der Waals surface area contributed by atoms with Gasteiger partial charge in [-0.05, 0) is 12.8 Å². The first-order valence-electron chi connectivity index (χ1n) is 5.72. The molecule has 1 rings (SSSR count). The summed E-state index contributed by atoms with van der Waals surface area (Å²) < 4.78 is 1.79. The van der Waals surface area contributed by atoms with E-state index < -0.39 is 0 Å². The summed E-state index contributed by atoms with van der Waals surface area (Å²) in [4.78, 5) is 11.4. The van der Waals surface area contributed by atoms with E-state index in [0.29, 0.717) is 11.6 Å². The minimum atomic E-state index is -0.337. The van der Waals surface area contributed by atoms with Crippen LogP contribution < -0.4 is 10.6 Å². The van der Waals surface area contributed by atoms with Gasteiger partial charge in [0.05, 0.1) is 24.5 Å². The van der Waals surface area contributed by atoms with Crippen molar-refractivity contribution in [1.29, 1.82) is 0 Å². The van der Waals surface area contributed by atoms with E-state index in [1.54, 1.807) is 24.0 Å². The fourth-order valence-corrected chi connectivity index (χ4v) is 1.34. The van der Waals surface area contributed by atoms with Crippen LogP contribution in [-0.4, -0.2) is 33.6 Å². The van der Waals surface area contributed by atoms with Crippen LogP contribution in [0.3, 0.4) is 0 Å². The van der Waals surface area contributed by atoms with Crippen molar-refractivity contribution in [3.8, 4) is 0 Å². The molecule has 0 fully saturated rings. The van der Waals surface area contributed by atoms with Gasteiger partial charge in [-0.2, -0.15) is 5.10 Å². The zero-order chi connectivity index (χ0) is 12.8. The molecule has 0 aliphatic carbocycles. The Kier molecular flexibility index (Phi) is 4.96. The Morgan fingerprint density at radius 1 is 1.53 bits per heavy atom. The molecule has 1 aromatic rings. The van der Waals surface area contributed by atoms with Gasteiger partial charge in [0.1, 0.15) is 0 Å². The predicted molar refractivity (Wildman–Crippen MR) is 65.8 cm³/mol. The Bertz CT molecular complexity index is 362. The van der Waals surface area contributed by atoms with Crippen molar-refractivity contribution >= 4 is 11.7 Å². The molecule has 0 spiro atoms. The van der Waals surface area contributed by atoms with Gasteiger partial charge in [0.15, 0.2) is 0 Å². The molecule has 96 valence electrons. The predicted octanol–water partition coefficient (Wildman–Crippen LogP) is 1.04. The number of aromatic nitrogens is 2. The third kappa shape index (κ3) is 4.86. The number of amides is 2. The average molecular weight is 240 g/mol. The Morgan fingerprint density at radius 2 is 2.24 bits per heavy atom. The lowest BCUT2D eigenvalue weighted by Crippen LogP contribution is -2.38. The maximum absolute atomic E-state index is 11.4. The average Bonchev–Trinajstić information content (AvgIpc) is 2.63. The van der Waals surface area contributed by atoms with Gasteiger partial charge in [-0.1, -0.05) is 13.8 Å². The summed E-state index contributed by atoms with van der Waals surface area (Å²) in [5.74, 6) is 0.506. The molecule has 3 N–H and O–H groups in total. The lowest BCUT2D eigenvalue weighted by Gasteiger charge is -2.10. The molecule has 2 amide bonds. The number of nitrogens with zero attached hydrogens (tertiary/aromatic N) is 2. The van der Waals surface area contributed by atoms with Gasteiger partial charge >= 0.3 is 6.03 Å². The first-order valence-corrected chi connectivity index (χ1v) is 5.72. The maximum atomic E-state index is 11.4. The van der Waals surface area contributed by atoms with Crippen molar-refractivity contribution in [2.45, 2.75) is 33.4 Å². The Labute approximate surface area is 101 Å². The van der Waals surface area contributed by atoms with Crippen molar-refractivity contribution in [3.63, 3.8) is 0 Å². The fourth-order valence-electron chi connectivity index (χ4n) is 1.34. The summed E-state index contributed by atoms with van der Waals surface area (Å²) in [5, 5.41) is 18.2. The van der Waals surface area contributed by atoms with E-state index in [1.807, 2.05) is 0 Å². The van der Waals surface area contributed by atoms with Gasteiger partial charge in [-0.25, -0.2) is 4.79 Å². The summed E-state index contributed by atoms with van der Waals surface area (Å²) in [5.41, 5.74) is 0.647. The number of aliphatic hydroxyl groups excluding tert-OH is 1. The molecule has 0 saturated heterocycles. The van der Waals surface area contributed by atoms with Gasteiger partial charge in [0.2, 0.25) is 0 Å². The monoisotopic (exact) mass is 240 g/mol. The lowest BCUT2D eigenvalue weighted by molar-refractivity contribution is 0.229. The summed E-state index contributed by atoms with van der Waals surface area (Å²) in [6.07, 6.45) is 3.38. The van der Waals surface area contributed by atoms with Gasteiger partial charge in [-0.15, -0.1) is 0 Å². The zero-order valence-electron chi connectivity index (χ0n) is 10.5. The van der Waals surface area contributed by atoms with Crippen LogP contribution in [0.25, 0.3) is 0 Å². The van der Waals surface area contributed by atoms with Crippen LogP contribution in [0.5, 0.6) is 0 Å². The number of urea groups is 1. The summed E-state index contributed by atoms with van der Waals surface area (Å²) in [6.45, 7) is 6.66. The third-order valence-corrected chi connectivity index (χ3v) is 2.09. The van der Waals surface area contributed by atoms with E-state index >= 15 is 0 Å². The molecule has 1 heterocycles. The normalized spacial score (nSPS) is 12.5. The number of anilines is 1. The lowest BCUT2D eigenvalue weighted by atomic mass is 10.2. The van der Waals surface area contributed by atoms with Crippen molar-refractivity contribution in [2.24, 2.45) is 5.92 Å². The molecule has 6 heteroatoms. The van der Waals surface area contributed by atoms with Crippen LogP contribution in [0.4, 0.5) is 10.5 Å². The van der Waals surface area contributed by atoms with Gasteiger partial charge in [-0.3, -0.25) is 4.68 Å². The second kappa shape index (κ2) is 6.24. The molecule has 0 aliphatic rings. The molecule has 1 atom stereocenters. The van der Waals surface area contributed by atoms with E-state index in [-0.39, 0.29) is 18.7 Å². The number of hydrogen-bond acceptors (Lipinski definition) is 3. The first-order chi connectivity index (χ1) is 8.01. The van der Waals surface area contributed by atoms with Crippen LogP contribution in [0.15, 0.2) is 12.4 Å². The van der Waals surface area contributed by atoms with E-state index in [4.69, 9.17) is 5.11 Å². The maximum Gasteiger partial charge on any atom is 0.319 e. The molecule has 0 radical (unpaired) electrons. The number of carbonyl (C=O) groups is 1. The van der Waals surface area contributed by atoms with Crippen LogP contribution in [0, 0.1) is 5.92 Å². The van der Waals surface area contributed by atoms with Crippen LogP contribution in [0.2, 0.25) is 0 Å². The number of nitrogens with one attached hydrogen (secondary N) is 2. The molecule has 0 saturated carbocycles. The van der Waals surface area contributed by atoms with Crippen LogP contribution in [-0.2, 0) is 6.54 Å². The summed E-state index contributed by atoms with van der Waals surface area (Å²) in [7, 11) is 0. The van der Waals surface area contributed by atoms with Gasteiger partial charge in [0.25, 0.3) is 0 Å². The molecule has 1 aromatic heterocycles. The highest BCUT2D eigenvalue weighted by atomic mass is 16.3. The fraction of sp³-hybridized carbons (Fsp3) is 0.636. The van der Waals surface area contributed by atoms with E-state index in [9.17, 15) is 4.79 Å². The highest BCUT2D eigenvalue weighted by Crippen LogP contribution is 2.06. The summed E-state index contributed by atoms with van der Waals surface area (Å²) in [6, 6.07) is -0.601. The number of rotatable bonds is 5. The third-order valence-electron chi connectivity index (χ3n) is 2.09. The molecular formula is C11H20N4O2. The van der Waals surface area contributed by atoms with Crippen molar-refractivity contribution in [1.82, 2.24) is 15.1 Å². The molecule has 0 aliphatic heterocycles. The van der Waals surface area contributed by atoms with E-state index in [0.717, 1.165) is 6.54 Å². The topological polar surface area (TPSA) is 79.2 Å². The first kappa shape index (κ1) is 13.5. The Balaban J connectivity index is 2.46. The molecule has 0 aromatic carbocycles. The molecule has 1 unspecified atom stereocenters. The largest absolute Gasteiger partial charge is 0.394 e. The van der Waals surface area contributed by atoms with Crippen molar-refractivity contribution < 1.29 is 9.90 Å². The zero-order valence-corrected chi connectivity index (χ0v) is 10.5. The molecule has 0 bridgehead atoms. The highest BCUT2D eigenvalue weighted by molar-refractivity contribution is 5.89. The molecule has 17 heavy (non-hydrogen) atoms. The van der Waals surface area contributed by atoms with Crippen molar-refractivity contribution in [3.05, 3.63) is 12.4 Å². The Morgan fingerprint density at radius 3 is 2.82 bits per heavy atom. The second-order valence-corrected chi connectivity index (χ2v) is 4.53. The SMILES string of the molecule is CC(C)Cn1cc(NC(=O)NC(C)CO)cn1. The van der Waals surface area contributed by atoms with Gasteiger partial charge < -0.3 is 15.7 Å². The standard InChI is InChI=1S/C11H20N4O2/c1-8(2)5-15-6-10(4-12-15)14-11(17)13-9(3)7-16/h4,6,8-9,16H,5,7H2,1-3H3,(H2,13,14,17). The summed E-state index contributed by atoms with van der Waals surface area (Å²) >= 11 is 0. The quantitative estimate of drug-likeness (QED) is 0.719.